The van der Waals surface area contributed by atoms with Crippen molar-refractivity contribution in [1.29, 1.82) is 0 Å². The van der Waals surface area contributed by atoms with Gasteiger partial charge in [-0.15, -0.1) is 0 Å². The summed E-state index contributed by atoms with van der Waals surface area (Å²) in [5.74, 6) is -0.544. The molecule has 1 aliphatic rings. The van der Waals surface area contributed by atoms with Crippen molar-refractivity contribution in [3.8, 4) is 11.5 Å². The molecule has 0 spiro atoms. The minimum absolute atomic E-state index is 0.123. The maximum Gasteiger partial charge on any atom is 0.417 e. The number of fused-ring (bicyclic) bond motifs is 1. The predicted molar refractivity (Wildman–Crippen MR) is 148 cm³/mol. The number of carbonyl (C=O) groups excluding carboxylic acids is 1. The van der Waals surface area contributed by atoms with Crippen LogP contribution in [0.3, 0.4) is 0 Å². The summed E-state index contributed by atoms with van der Waals surface area (Å²) in [5.41, 5.74) is 1.000. The molecular weight excluding hydrogens is 564 g/mol. The molecule has 0 unspecified atom stereocenters. The molecule has 214 valence electrons. The highest BCUT2D eigenvalue weighted by atomic mass is 35.5. The van der Waals surface area contributed by atoms with Crippen LogP contribution in [-0.2, 0) is 12.7 Å². The third kappa shape index (κ3) is 7.20. The van der Waals surface area contributed by atoms with Gasteiger partial charge in [-0.25, -0.2) is 14.2 Å². The van der Waals surface area contributed by atoms with Gasteiger partial charge in [-0.2, -0.15) is 13.2 Å². The van der Waals surface area contributed by atoms with Crippen LogP contribution < -0.4 is 15.4 Å². The number of anilines is 2. The molecule has 0 aliphatic carbocycles. The first-order chi connectivity index (χ1) is 19.5. The quantitative estimate of drug-likeness (QED) is 0.246. The van der Waals surface area contributed by atoms with E-state index in [1.54, 1.807) is 24.4 Å². The highest BCUT2D eigenvalue weighted by Crippen LogP contribution is 2.36. The summed E-state index contributed by atoms with van der Waals surface area (Å²) in [7, 11) is 2.09. The normalized spacial score (nSPS) is 14.7. The fourth-order valence-electron chi connectivity index (χ4n) is 4.30. The van der Waals surface area contributed by atoms with Gasteiger partial charge in [0.2, 0.25) is 0 Å². The van der Waals surface area contributed by atoms with Crippen LogP contribution in [0, 0.1) is 5.82 Å². The molecule has 1 fully saturated rings. The van der Waals surface area contributed by atoms with Gasteiger partial charge in [-0.05, 0) is 49.5 Å². The second-order valence-electron chi connectivity index (χ2n) is 9.61. The Kier molecular flexibility index (Phi) is 8.25. The average Bonchev–Trinajstić information content (AvgIpc) is 2.92. The Labute approximate surface area is 237 Å². The molecule has 0 saturated carbocycles. The second-order valence-corrected chi connectivity index (χ2v) is 10.0. The minimum Gasteiger partial charge on any atom is -0.454 e. The lowest BCUT2D eigenvalue weighted by atomic mass is 10.2. The molecule has 2 heterocycles. The Morgan fingerprint density at radius 3 is 2.41 bits per heavy atom. The molecule has 5 rings (SSSR count). The van der Waals surface area contributed by atoms with E-state index in [0.717, 1.165) is 50.1 Å². The molecule has 2 amide bonds. The monoisotopic (exact) mass is 588 g/mol. The maximum absolute atomic E-state index is 14.6. The highest BCUT2D eigenvalue weighted by molar-refractivity contribution is 6.31. The van der Waals surface area contributed by atoms with Crippen molar-refractivity contribution in [2.75, 3.05) is 43.9 Å². The molecule has 1 aromatic heterocycles. The van der Waals surface area contributed by atoms with E-state index < -0.39 is 28.6 Å². The van der Waals surface area contributed by atoms with Gasteiger partial charge in [0.05, 0.1) is 33.5 Å². The van der Waals surface area contributed by atoms with Crippen LogP contribution in [-0.4, -0.2) is 59.0 Å². The van der Waals surface area contributed by atoms with E-state index in [9.17, 15) is 22.4 Å². The van der Waals surface area contributed by atoms with E-state index in [0.29, 0.717) is 23.3 Å². The van der Waals surface area contributed by atoms with Crippen molar-refractivity contribution in [3.63, 3.8) is 0 Å². The number of piperazine rings is 1. The van der Waals surface area contributed by atoms with Gasteiger partial charge in [-0.1, -0.05) is 11.6 Å². The molecule has 4 aromatic rings. The first-order valence-electron chi connectivity index (χ1n) is 12.6. The van der Waals surface area contributed by atoms with Crippen LogP contribution in [0.15, 0.2) is 60.8 Å². The molecular formula is C28H25ClF4N6O2. The Morgan fingerprint density at radius 2 is 1.68 bits per heavy atom. The maximum atomic E-state index is 14.6. The van der Waals surface area contributed by atoms with Gasteiger partial charge >= 0.3 is 12.2 Å². The SMILES string of the molecule is CN1CCN(Cc2cnc3ccc(Oc4cc(NC(=O)Nc5ccc(Cl)c(C(F)(F)F)c5)ccc4F)cc3n2)CC1. The van der Waals surface area contributed by atoms with Gasteiger partial charge in [0.25, 0.3) is 0 Å². The van der Waals surface area contributed by atoms with Crippen molar-refractivity contribution in [2.45, 2.75) is 12.7 Å². The van der Waals surface area contributed by atoms with E-state index in [2.05, 4.69) is 32.5 Å². The Balaban J connectivity index is 1.27. The lowest BCUT2D eigenvalue weighted by molar-refractivity contribution is -0.137. The summed E-state index contributed by atoms with van der Waals surface area (Å²) >= 11 is 5.62. The zero-order valence-corrected chi connectivity index (χ0v) is 22.6. The van der Waals surface area contributed by atoms with Crippen molar-refractivity contribution < 1.29 is 27.1 Å². The molecule has 3 aromatic carbocycles. The Bertz CT molecular complexity index is 1580. The molecule has 1 saturated heterocycles. The highest BCUT2D eigenvalue weighted by Gasteiger charge is 2.33. The Morgan fingerprint density at radius 1 is 0.976 bits per heavy atom. The number of hydrogen-bond acceptors (Lipinski definition) is 6. The predicted octanol–water partition coefficient (Wildman–Crippen LogP) is 6.62. The number of rotatable bonds is 6. The van der Waals surface area contributed by atoms with Gasteiger partial charge in [-0.3, -0.25) is 9.88 Å². The molecule has 41 heavy (non-hydrogen) atoms. The summed E-state index contributed by atoms with van der Waals surface area (Å²) in [4.78, 5) is 26.2. The molecule has 8 nitrogen and oxygen atoms in total. The summed E-state index contributed by atoms with van der Waals surface area (Å²) in [6, 6.07) is 10.8. The van der Waals surface area contributed by atoms with Crippen LogP contribution in [0.4, 0.5) is 33.7 Å². The number of likely N-dealkylation sites (N-methyl/N-ethyl adjacent to an activating group) is 1. The van der Waals surface area contributed by atoms with Gasteiger partial charge < -0.3 is 20.3 Å². The zero-order chi connectivity index (χ0) is 29.1. The third-order valence-corrected chi connectivity index (χ3v) is 6.82. The van der Waals surface area contributed by atoms with Crippen molar-refractivity contribution in [3.05, 3.63) is 82.9 Å². The number of halogens is 5. The van der Waals surface area contributed by atoms with E-state index >= 15 is 0 Å². The molecule has 2 N–H and O–H groups in total. The first-order valence-corrected chi connectivity index (χ1v) is 13.0. The van der Waals surface area contributed by atoms with E-state index in [1.807, 2.05) is 0 Å². The molecule has 0 radical (unpaired) electrons. The summed E-state index contributed by atoms with van der Waals surface area (Å²) in [5, 5.41) is 4.27. The number of amides is 2. The number of ether oxygens (including phenoxy) is 1. The van der Waals surface area contributed by atoms with Crippen molar-refractivity contribution in [1.82, 2.24) is 19.8 Å². The van der Waals surface area contributed by atoms with Crippen LogP contribution >= 0.6 is 11.6 Å². The summed E-state index contributed by atoms with van der Waals surface area (Å²) < 4.78 is 59.7. The van der Waals surface area contributed by atoms with Crippen molar-refractivity contribution in [2.24, 2.45) is 0 Å². The third-order valence-electron chi connectivity index (χ3n) is 6.49. The first kappa shape index (κ1) is 28.5. The lowest BCUT2D eigenvalue weighted by Crippen LogP contribution is -2.44. The van der Waals surface area contributed by atoms with E-state index in [-0.39, 0.29) is 17.1 Å². The molecule has 13 heteroatoms. The van der Waals surface area contributed by atoms with Crippen LogP contribution in [0.2, 0.25) is 5.02 Å². The summed E-state index contributed by atoms with van der Waals surface area (Å²) in [6.45, 7) is 4.52. The number of aromatic nitrogens is 2. The number of carbonyl (C=O) groups is 1. The Hall–Kier alpha value is -4.00. The number of benzene rings is 3. The second kappa shape index (κ2) is 11.9. The molecule has 0 bridgehead atoms. The van der Waals surface area contributed by atoms with Gasteiger partial charge in [0, 0.05) is 56.2 Å². The van der Waals surface area contributed by atoms with E-state index in [4.69, 9.17) is 21.3 Å². The molecule has 0 atom stereocenters. The largest absolute Gasteiger partial charge is 0.454 e. The van der Waals surface area contributed by atoms with Crippen molar-refractivity contribution >= 4 is 40.0 Å². The van der Waals surface area contributed by atoms with Crippen LogP contribution in [0.5, 0.6) is 11.5 Å². The fourth-order valence-corrected chi connectivity index (χ4v) is 4.53. The fraction of sp³-hybridized carbons (Fsp3) is 0.250. The topological polar surface area (TPSA) is 82.6 Å². The van der Waals surface area contributed by atoms with Crippen LogP contribution in [0.25, 0.3) is 11.0 Å². The van der Waals surface area contributed by atoms with E-state index in [1.165, 1.54) is 18.2 Å². The number of urea groups is 1. The number of alkyl halides is 3. The number of hydrogen-bond donors (Lipinski definition) is 2. The minimum atomic E-state index is -4.69. The number of nitrogens with one attached hydrogen (secondary N) is 2. The molecule has 1 aliphatic heterocycles. The van der Waals surface area contributed by atoms with Gasteiger partial charge in [0.15, 0.2) is 11.6 Å². The average molecular weight is 589 g/mol. The lowest BCUT2D eigenvalue weighted by Gasteiger charge is -2.31. The smallest absolute Gasteiger partial charge is 0.417 e. The van der Waals surface area contributed by atoms with Crippen LogP contribution in [0.1, 0.15) is 11.3 Å². The summed E-state index contributed by atoms with van der Waals surface area (Å²) in [6.07, 6.45) is -2.94. The standard InChI is InChI=1S/C28H25ClF4N6O2/c1-38-8-10-39(11-9-38)16-19-15-34-24-7-4-20(14-25(24)35-19)41-26-13-18(3-6-23(26)30)37-27(40)36-17-2-5-22(29)21(12-17)28(31,32)33/h2-7,12-15H,8-11,16H2,1H3,(H2,36,37,40). The van der Waals surface area contributed by atoms with Gasteiger partial charge in [0.1, 0.15) is 5.75 Å². The number of nitrogens with zero attached hydrogens (tertiary/aromatic N) is 4. The zero-order valence-electron chi connectivity index (χ0n) is 21.8.